The Labute approximate surface area is 137 Å². The highest BCUT2D eigenvalue weighted by Gasteiger charge is 2.50. The molecule has 0 saturated carbocycles. The number of hydrogen-bond acceptors (Lipinski definition) is 10. The monoisotopic (exact) mass is 348 g/mol. The first kappa shape index (κ1) is 19.8. The highest BCUT2D eigenvalue weighted by Crippen LogP contribution is 2.27. The molecule has 0 aliphatic carbocycles. The summed E-state index contributed by atoms with van der Waals surface area (Å²) in [5.74, 6) is -2.87. The second-order valence-electron chi connectivity index (χ2n) is 5.09. The van der Waals surface area contributed by atoms with Crippen LogP contribution in [0.2, 0.25) is 0 Å². The summed E-state index contributed by atoms with van der Waals surface area (Å²) in [6.45, 7) is 4.08. The van der Waals surface area contributed by atoms with Crippen molar-refractivity contribution in [1.29, 1.82) is 0 Å². The Morgan fingerprint density at radius 1 is 0.833 bits per heavy atom. The molecule has 5 atom stereocenters. The van der Waals surface area contributed by atoms with Crippen molar-refractivity contribution >= 4 is 23.9 Å². The van der Waals surface area contributed by atoms with E-state index >= 15 is 0 Å². The lowest BCUT2D eigenvalue weighted by molar-refractivity contribution is -0.298. The molecule has 0 radical (unpaired) electrons. The Kier molecular flexibility index (Phi) is 7.11. The Morgan fingerprint density at radius 3 is 1.79 bits per heavy atom. The van der Waals surface area contributed by atoms with Crippen LogP contribution in [0.1, 0.15) is 27.7 Å². The van der Waals surface area contributed by atoms with E-state index in [1.165, 1.54) is 0 Å². The third kappa shape index (κ3) is 5.78. The van der Waals surface area contributed by atoms with Crippen molar-refractivity contribution in [3.63, 3.8) is 0 Å². The SMILES string of the molecule is CC(=O)OC[C@H]1O[C@H](OC(C)=O)[C@@H](OC(C)=O)[C@@H](O)[C@H]1OC(C)=O. The maximum atomic E-state index is 11.2. The van der Waals surface area contributed by atoms with Gasteiger partial charge in [0.25, 0.3) is 0 Å². The smallest absolute Gasteiger partial charge is 0.305 e. The zero-order valence-electron chi connectivity index (χ0n) is 13.7. The van der Waals surface area contributed by atoms with Crippen molar-refractivity contribution in [3.05, 3.63) is 0 Å². The Morgan fingerprint density at radius 2 is 1.33 bits per heavy atom. The molecule has 0 aromatic rings. The molecule has 10 heteroatoms. The fraction of sp³-hybridized carbons (Fsp3) is 0.714. The molecule has 0 amide bonds. The molecule has 1 fully saturated rings. The van der Waals surface area contributed by atoms with Crippen molar-refractivity contribution in [3.8, 4) is 0 Å². The fourth-order valence-corrected chi connectivity index (χ4v) is 2.14. The van der Waals surface area contributed by atoms with Gasteiger partial charge >= 0.3 is 23.9 Å². The average molecular weight is 348 g/mol. The van der Waals surface area contributed by atoms with Gasteiger partial charge in [0.05, 0.1) is 0 Å². The van der Waals surface area contributed by atoms with E-state index in [4.69, 9.17) is 23.7 Å². The van der Waals surface area contributed by atoms with Crippen molar-refractivity contribution in [2.75, 3.05) is 6.61 Å². The van der Waals surface area contributed by atoms with Gasteiger partial charge in [0, 0.05) is 27.7 Å². The van der Waals surface area contributed by atoms with Crippen LogP contribution >= 0.6 is 0 Å². The average Bonchev–Trinajstić information content (AvgIpc) is 2.42. The number of hydrogen-bond donors (Lipinski definition) is 1. The number of carbonyl (C=O) groups is 4. The summed E-state index contributed by atoms with van der Waals surface area (Å²) in [5, 5.41) is 10.4. The van der Waals surface area contributed by atoms with Gasteiger partial charge in [-0.1, -0.05) is 0 Å². The molecular formula is C14H20O10. The topological polar surface area (TPSA) is 135 Å². The highest BCUT2D eigenvalue weighted by atomic mass is 16.7. The first-order chi connectivity index (χ1) is 11.1. The maximum Gasteiger partial charge on any atom is 0.305 e. The number of carbonyl (C=O) groups excluding carboxylic acids is 4. The van der Waals surface area contributed by atoms with Gasteiger partial charge in [0.1, 0.15) is 18.8 Å². The van der Waals surface area contributed by atoms with Gasteiger partial charge in [-0.05, 0) is 0 Å². The van der Waals surface area contributed by atoms with Gasteiger partial charge in [-0.25, -0.2) is 0 Å². The highest BCUT2D eigenvalue weighted by molar-refractivity contribution is 5.68. The van der Waals surface area contributed by atoms with Crippen LogP contribution in [0.3, 0.4) is 0 Å². The summed E-state index contributed by atoms with van der Waals surface area (Å²) in [5.41, 5.74) is 0. The second kappa shape index (κ2) is 8.60. The van der Waals surface area contributed by atoms with E-state index in [1.54, 1.807) is 0 Å². The van der Waals surface area contributed by atoms with Gasteiger partial charge in [-0.15, -0.1) is 0 Å². The largest absolute Gasteiger partial charge is 0.463 e. The van der Waals surface area contributed by atoms with Gasteiger partial charge < -0.3 is 28.8 Å². The molecule has 0 spiro atoms. The fourth-order valence-electron chi connectivity index (χ4n) is 2.14. The van der Waals surface area contributed by atoms with E-state index in [9.17, 15) is 24.3 Å². The number of ether oxygens (including phenoxy) is 5. The van der Waals surface area contributed by atoms with Crippen molar-refractivity contribution in [2.24, 2.45) is 0 Å². The van der Waals surface area contributed by atoms with E-state index < -0.39 is 54.6 Å². The normalized spacial score (nSPS) is 29.3. The molecule has 0 unspecified atom stereocenters. The quantitative estimate of drug-likeness (QED) is 0.490. The minimum absolute atomic E-state index is 0.366. The number of esters is 4. The molecule has 1 aliphatic rings. The van der Waals surface area contributed by atoms with Crippen molar-refractivity contribution in [1.82, 2.24) is 0 Å². The zero-order valence-corrected chi connectivity index (χ0v) is 13.7. The lowest BCUT2D eigenvalue weighted by Crippen LogP contribution is -2.62. The third-order valence-corrected chi connectivity index (χ3v) is 2.95. The Hall–Kier alpha value is -2.20. The van der Waals surface area contributed by atoms with Gasteiger partial charge in [0.2, 0.25) is 6.29 Å². The van der Waals surface area contributed by atoms with Crippen LogP contribution in [0, 0.1) is 0 Å². The molecule has 10 nitrogen and oxygen atoms in total. The maximum absolute atomic E-state index is 11.2. The summed E-state index contributed by atoms with van der Waals surface area (Å²) in [6, 6.07) is 0. The third-order valence-electron chi connectivity index (χ3n) is 2.95. The summed E-state index contributed by atoms with van der Waals surface area (Å²) in [4.78, 5) is 44.6. The van der Waals surface area contributed by atoms with Crippen LogP contribution < -0.4 is 0 Å². The van der Waals surface area contributed by atoms with Gasteiger partial charge in [0.15, 0.2) is 12.2 Å². The van der Waals surface area contributed by atoms with Crippen LogP contribution in [-0.2, 0) is 42.9 Å². The summed E-state index contributed by atoms with van der Waals surface area (Å²) < 4.78 is 25.0. The molecule has 1 rings (SSSR count). The minimum atomic E-state index is -1.56. The summed E-state index contributed by atoms with van der Waals surface area (Å²) in [7, 11) is 0. The Balaban J connectivity index is 3.04. The minimum Gasteiger partial charge on any atom is -0.463 e. The molecule has 1 saturated heterocycles. The Bertz CT molecular complexity index is 500. The van der Waals surface area contributed by atoms with Crippen LogP contribution in [0.15, 0.2) is 0 Å². The molecule has 24 heavy (non-hydrogen) atoms. The lowest BCUT2D eigenvalue weighted by Gasteiger charge is -2.42. The summed E-state index contributed by atoms with van der Waals surface area (Å²) in [6.07, 6.45) is -6.84. The number of aliphatic hydroxyl groups excluding tert-OH is 1. The molecule has 0 bridgehead atoms. The van der Waals surface area contributed by atoms with Crippen molar-refractivity contribution < 1.29 is 48.0 Å². The molecule has 1 N–H and O–H groups in total. The lowest BCUT2D eigenvalue weighted by atomic mass is 9.98. The van der Waals surface area contributed by atoms with Gasteiger partial charge in [-0.3, -0.25) is 19.2 Å². The molecular weight excluding hydrogens is 328 g/mol. The molecule has 136 valence electrons. The van der Waals surface area contributed by atoms with Crippen LogP contribution in [-0.4, -0.2) is 66.3 Å². The molecule has 0 aromatic heterocycles. The van der Waals surface area contributed by atoms with Crippen LogP contribution in [0.5, 0.6) is 0 Å². The predicted molar refractivity (Wildman–Crippen MR) is 74.2 cm³/mol. The number of rotatable bonds is 5. The first-order valence-electron chi connectivity index (χ1n) is 7.10. The van der Waals surface area contributed by atoms with E-state index in [1.807, 2.05) is 0 Å². The summed E-state index contributed by atoms with van der Waals surface area (Å²) >= 11 is 0. The van der Waals surface area contributed by atoms with Crippen LogP contribution in [0.4, 0.5) is 0 Å². The molecule has 1 aliphatic heterocycles. The van der Waals surface area contributed by atoms with Crippen molar-refractivity contribution in [2.45, 2.75) is 58.4 Å². The van der Waals surface area contributed by atoms with E-state index in [-0.39, 0.29) is 6.61 Å². The standard InChI is InChI=1S/C14H20O10/c1-6(15)20-5-10-12(21-7(2)16)11(19)13(22-8(3)17)14(24-10)23-9(4)18/h10-14,19H,5H2,1-4H3/t10-,11+,12+,13+,14+/m1/s1. The second-order valence-corrected chi connectivity index (χ2v) is 5.09. The molecule has 1 heterocycles. The van der Waals surface area contributed by atoms with E-state index in [0.29, 0.717) is 0 Å². The molecule has 0 aromatic carbocycles. The van der Waals surface area contributed by atoms with Gasteiger partial charge in [-0.2, -0.15) is 0 Å². The van der Waals surface area contributed by atoms with E-state index in [2.05, 4.69) is 0 Å². The van der Waals surface area contributed by atoms with E-state index in [0.717, 1.165) is 27.7 Å². The first-order valence-corrected chi connectivity index (χ1v) is 7.10. The number of aliphatic hydroxyl groups is 1. The van der Waals surface area contributed by atoms with Crippen LogP contribution in [0.25, 0.3) is 0 Å². The predicted octanol–water partition coefficient (Wildman–Crippen LogP) is -0.938. The zero-order chi connectivity index (χ0) is 18.4.